The Hall–Kier alpha value is -1.02. The lowest BCUT2D eigenvalue weighted by atomic mass is 10.2. The lowest BCUT2D eigenvalue weighted by Gasteiger charge is -2.16. The van der Waals surface area contributed by atoms with Crippen LogP contribution >= 0.6 is 0 Å². The van der Waals surface area contributed by atoms with E-state index in [1.807, 2.05) is 13.8 Å². The van der Waals surface area contributed by atoms with Crippen molar-refractivity contribution in [2.24, 2.45) is 0 Å². The van der Waals surface area contributed by atoms with Crippen LogP contribution in [0.1, 0.15) is 25.8 Å². The predicted octanol–water partition coefficient (Wildman–Crippen LogP) is 1.64. The standard InChI is InChI=1S/C14H23FN2O3S/c1-4-12(10-20-3)17-21(18,19)14-7-6-11(8-13(14)15)9-16-5-2/h6-8,12,16-17H,4-5,9-10H2,1-3H3. The number of rotatable bonds is 9. The van der Waals surface area contributed by atoms with E-state index in [1.165, 1.54) is 19.2 Å². The van der Waals surface area contributed by atoms with E-state index in [9.17, 15) is 12.8 Å². The Kier molecular flexibility index (Phi) is 7.24. The van der Waals surface area contributed by atoms with Gasteiger partial charge < -0.3 is 10.1 Å². The van der Waals surface area contributed by atoms with Crippen molar-refractivity contribution in [1.29, 1.82) is 0 Å². The fourth-order valence-corrected chi connectivity index (χ4v) is 3.22. The lowest BCUT2D eigenvalue weighted by Crippen LogP contribution is -2.37. The van der Waals surface area contributed by atoms with Gasteiger partial charge in [-0.25, -0.2) is 17.5 Å². The molecule has 1 rings (SSSR count). The minimum Gasteiger partial charge on any atom is -0.383 e. The van der Waals surface area contributed by atoms with E-state index in [1.54, 1.807) is 6.07 Å². The Morgan fingerprint density at radius 2 is 2.05 bits per heavy atom. The van der Waals surface area contributed by atoms with E-state index >= 15 is 0 Å². The second-order valence-electron chi connectivity index (χ2n) is 4.73. The number of methoxy groups -OCH3 is 1. The Labute approximate surface area is 125 Å². The highest BCUT2D eigenvalue weighted by Gasteiger charge is 2.22. The molecule has 0 aliphatic carbocycles. The molecule has 120 valence electrons. The highest BCUT2D eigenvalue weighted by Crippen LogP contribution is 2.17. The van der Waals surface area contributed by atoms with Crippen LogP contribution in [0.25, 0.3) is 0 Å². The maximum Gasteiger partial charge on any atom is 0.243 e. The molecule has 0 aliphatic heterocycles. The third kappa shape index (κ3) is 5.35. The summed E-state index contributed by atoms with van der Waals surface area (Å²) in [5.74, 6) is -0.745. The summed E-state index contributed by atoms with van der Waals surface area (Å²) in [5, 5.41) is 3.06. The van der Waals surface area contributed by atoms with E-state index in [2.05, 4.69) is 10.0 Å². The van der Waals surface area contributed by atoms with Crippen molar-refractivity contribution in [2.45, 2.75) is 37.8 Å². The first-order chi connectivity index (χ1) is 9.94. The number of nitrogens with one attached hydrogen (secondary N) is 2. The fraction of sp³-hybridized carbons (Fsp3) is 0.571. The summed E-state index contributed by atoms with van der Waals surface area (Å²) in [6.45, 7) is 5.29. The number of hydrogen-bond donors (Lipinski definition) is 2. The molecule has 7 heteroatoms. The molecule has 1 unspecified atom stereocenters. The van der Waals surface area contributed by atoms with Gasteiger partial charge in [-0.15, -0.1) is 0 Å². The number of ether oxygens (including phenoxy) is 1. The van der Waals surface area contributed by atoms with Gasteiger partial charge in [-0.1, -0.05) is 19.9 Å². The Morgan fingerprint density at radius 1 is 1.33 bits per heavy atom. The maximum atomic E-state index is 14.0. The first kappa shape index (κ1) is 18.0. The Bertz CT molecular complexity index is 549. The normalized spacial score (nSPS) is 13.3. The molecule has 2 N–H and O–H groups in total. The first-order valence-corrected chi connectivity index (χ1v) is 8.43. The SMILES string of the molecule is CCNCc1ccc(S(=O)(=O)NC(CC)COC)c(F)c1. The smallest absolute Gasteiger partial charge is 0.243 e. The van der Waals surface area contributed by atoms with Gasteiger partial charge in [0.15, 0.2) is 0 Å². The van der Waals surface area contributed by atoms with Crippen LogP contribution in [-0.2, 0) is 21.3 Å². The molecule has 0 saturated carbocycles. The molecule has 0 radical (unpaired) electrons. The van der Waals surface area contributed by atoms with Crippen LogP contribution in [0.5, 0.6) is 0 Å². The monoisotopic (exact) mass is 318 g/mol. The van der Waals surface area contributed by atoms with Gasteiger partial charge in [0.25, 0.3) is 0 Å². The average Bonchev–Trinajstić information content (AvgIpc) is 2.44. The first-order valence-electron chi connectivity index (χ1n) is 6.95. The van der Waals surface area contributed by atoms with E-state index in [4.69, 9.17) is 4.74 Å². The minimum atomic E-state index is -3.89. The molecular weight excluding hydrogens is 295 g/mol. The average molecular weight is 318 g/mol. The molecule has 21 heavy (non-hydrogen) atoms. The molecule has 0 bridgehead atoms. The van der Waals surface area contributed by atoms with Crippen LogP contribution in [0.15, 0.2) is 23.1 Å². The second-order valence-corrected chi connectivity index (χ2v) is 6.41. The zero-order valence-corrected chi connectivity index (χ0v) is 13.5. The quantitative estimate of drug-likeness (QED) is 0.726. The summed E-state index contributed by atoms with van der Waals surface area (Å²) < 4.78 is 45.8. The maximum absolute atomic E-state index is 14.0. The summed E-state index contributed by atoms with van der Waals surface area (Å²) >= 11 is 0. The summed E-state index contributed by atoms with van der Waals surface area (Å²) in [7, 11) is -2.39. The van der Waals surface area contributed by atoms with Crippen LogP contribution in [0.3, 0.4) is 0 Å². The topological polar surface area (TPSA) is 67.4 Å². The fourth-order valence-electron chi connectivity index (χ4n) is 1.86. The van der Waals surface area contributed by atoms with Gasteiger partial charge in [0.2, 0.25) is 10.0 Å². The summed E-state index contributed by atoms with van der Waals surface area (Å²) in [4.78, 5) is -0.336. The van der Waals surface area contributed by atoms with Gasteiger partial charge in [0, 0.05) is 19.7 Å². The van der Waals surface area contributed by atoms with Crippen molar-refractivity contribution >= 4 is 10.0 Å². The Morgan fingerprint density at radius 3 is 2.57 bits per heavy atom. The zero-order valence-electron chi connectivity index (χ0n) is 12.6. The largest absolute Gasteiger partial charge is 0.383 e. The summed E-state index contributed by atoms with van der Waals surface area (Å²) in [5.41, 5.74) is 0.706. The predicted molar refractivity (Wildman–Crippen MR) is 80.1 cm³/mol. The second kappa shape index (κ2) is 8.43. The molecule has 0 fully saturated rings. The van der Waals surface area contributed by atoms with Crippen molar-refractivity contribution in [3.05, 3.63) is 29.6 Å². The Balaban J connectivity index is 2.92. The highest BCUT2D eigenvalue weighted by atomic mass is 32.2. The van der Waals surface area contributed by atoms with E-state index in [0.29, 0.717) is 18.5 Å². The van der Waals surface area contributed by atoms with Crippen molar-refractivity contribution in [2.75, 3.05) is 20.3 Å². The molecule has 1 aromatic carbocycles. The van der Waals surface area contributed by atoms with Crippen LogP contribution in [0, 0.1) is 5.82 Å². The number of hydrogen-bond acceptors (Lipinski definition) is 4. The van der Waals surface area contributed by atoms with Gasteiger partial charge in [0.1, 0.15) is 10.7 Å². The van der Waals surface area contributed by atoms with Crippen molar-refractivity contribution in [3.63, 3.8) is 0 Å². The van der Waals surface area contributed by atoms with E-state index in [0.717, 1.165) is 6.54 Å². The summed E-state index contributed by atoms with van der Waals surface area (Å²) in [6, 6.07) is 3.77. The molecular formula is C14H23FN2O3S. The number of sulfonamides is 1. The van der Waals surface area contributed by atoms with E-state index < -0.39 is 15.8 Å². The molecule has 5 nitrogen and oxygen atoms in total. The third-order valence-electron chi connectivity index (χ3n) is 3.05. The molecule has 0 saturated heterocycles. The van der Waals surface area contributed by atoms with E-state index in [-0.39, 0.29) is 17.5 Å². The van der Waals surface area contributed by atoms with Gasteiger partial charge in [0.05, 0.1) is 6.61 Å². The molecule has 1 aromatic rings. The molecule has 0 spiro atoms. The van der Waals surface area contributed by atoms with Crippen molar-refractivity contribution < 1.29 is 17.5 Å². The zero-order chi connectivity index (χ0) is 15.9. The van der Waals surface area contributed by atoms with Crippen LogP contribution in [-0.4, -0.2) is 34.7 Å². The van der Waals surface area contributed by atoms with Gasteiger partial charge in [-0.2, -0.15) is 0 Å². The molecule has 0 aliphatic rings. The number of benzene rings is 1. The molecule has 0 amide bonds. The summed E-state index contributed by atoms with van der Waals surface area (Å²) in [6.07, 6.45) is 0.563. The van der Waals surface area contributed by atoms with Gasteiger partial charge >= 0.3 is 0 Å². The molecule has 0 aromatic heterocycles. The molecule has 1 atom stereocenters. The number of halogens is 1. The minimum absolute atomic E-state index is 0.246. The van der Waals surface area contributed by atoms with Crippen LogP contribution in [0.4, 0.5) is 4.39 Å². The molecule has 0 heterocycles. The van der Waals surface area contributed by atoms with Gasteiger partial charge in [-0.3, -0.25) is 0 Å². The van der Waals surface area contributed by atoms with Crippen LogP contribution < -0.4 is 10.0 Å². The highest BCUT2D eigenvalue weighted by molar-refractivity contribution is 7.89. The lowest BCUT2D eigenvalue weighted by molar-refractivity contribution is 0.173. The van der Waals surface area contributed by atoms with Crippen molar-refractivity contribution in [3.8, 4) is 0 Å². The van der Waals surface area contributed by atoms with Gasteiger partial charge in [-0.05, 0) is 30.7 Å². The van der Waals surface area contributed by atoms with Crippen LogP contribution in [0.2, 0.25) is 0 Å². The van der Waals surface area contributed by atoms with Crippen molar-refractivity contribution in [1.82, 2.24) is 10.0 Å². The third-order valence-corrected chi connectivity index (χ3v) is 4.60.